The Bertz CT molecular complexity index is 620. The van der Waals surface area contributed by atoms with Gasteiger partial charge in [-0.25, -0.2) is 17.9 Å². The number of likely N-dealkylation sites (tertiary alicyclic amines) is 1. The van der Waals surface area contributed by atoms with Crippen LogP contribution in [-0.4, -0.2) is 54.6 Å². The number of carbonyl (C=O) groups is 1. The molecule has 1 aliphatic heterocycles. The minimum Gasteiger partial charge on any atom is -0.477 e. The van der Waals surface area contributed by atoms with Gasteiger partial charge in [0.15, 0.2) is 0 Å². The van der Waals surface area contributed by atoms with Gasteiger partial charge in [-0.1, -0.05) is 0 Å². The summed E-state index contributed by atoms with van der Waals surface area (Å²) in [5.74, 6) is -1.17. The minimum atomic E-state index is -3.66. The van der Waals surface area contributed by atoms with E-state index in [9.17, 15) is 13.2 Å². The Balaban J connectivity index is 1.67. The van der Waals surface area contributed by atoms with Crippen LogP contribution in [0, 0.1) is 0 Å². The molecule has 2 fully saturated rings. The lowest BCUT2D eigenvalue weighted by molar-refractivity contribution is 0.0691. The molecule has 0 radical (unpaired) electrons. The molecule has 1 aromatic heterocycles. The highest BCUT2D eigenvalue weighted by atomic mass is 32.2. The van der Waals surface area contributed by atoms with Crippen molar-refractivity contribution in [1.82, 2.24) is 14.6 Å². The average Bonchev–Trinajstić information content (AvgIpc) is 2.91. The van der Waals surface area contributed by atoms with Crippen molar-refractivity contribution < 1.29 is 18.3 Å². The predicted molar refractivity (Wildman–Crippen MR) is 71.1 cm³/mol. The molecular weight excluding hydrogens is 282 g/mol. The number of carboxylic acids is 1. The van der Waals surface area contributed by atoms with E-state index in [0.717, 1.165) is 25.6 Å². The molecule has 2 aliphatic rings. The zero-order valence-corrected chi connectivity index (χ0v) is 11.7. The summed E-state index contributed by atoms with van der Waals surface area (Å²) >= 11 is 0. The second-order valence-corrected chi connectivity index (χ2v) is 7.10. The van der Waals surface area contributed by atoms with Gasteiger partial charge in [-0.2, -0.15) is 0 Å². The number of H-pyrrole nitrogens is 1. The molecule has 3 N–H and O–H groups in total. The maximum atomic E-state index is 12.2. The lowest BCUT2D eigenvalue weighted by Gasteiger charge is -2.15. The van der Waals surface area contributed by atoms with Crippen LogP contribution in [0.3, 0.4) is 0 Å². The van der Waals surface area contributed by atoms with Crippen LogP contribution < -0.4 is 4.72 Å². The first-order chi connectivity index (χ1) is 9.45. The maximum Gasteiger partial charge on any atom is 0.352 e. The normalized spacial score (nSPS) is 24.1. The molecule has 8 heteroatoms. The molecule has 110 valence electrons. The van der Waals surface area contributed by atoms with Crippen LogP contribution in [-0.2, 0) is 10.0 Å². The molecule has 1 atom stereocenters. The van der Waals surface area contributed by atoms with Crippen molar-refractivity contribution in [1.29, 1.82) is 0 Å². The summed E-state index contributed by atoms with van der Waals surface area (Å²) in [5, 5.41) is 8.80. The number of aromatic amines is 1. The standard InChI is InChI=1S/C12H17N3O4S/c16-12(17)11-5-10(6-13-11)20(18,19)14-8-3-4-15(7-8)9-1-2-9/h5-6,8-9,13-14H,1-4,7H2,(H,16,17). The number of hydrogen-bond acceptors (Lipinski definition) is 4. The summed E-state index contributed by atoms with van der Waals surface area (Å²) in [6.07, 6.45) is 4.42. The summed E-state index contributed by atoms with van der Waals surface area (Å²) in [5.41, 5.74) is -0.128. The van der Waals surface area contributed by atoms with Crippen LogP contribution in [0.2, 0.25) is 0 Å². The van der Waals surface area contributed by atoms with Crippen molar-refractivity contribution in [2.24, 2.45) is 0 Å². The van der Waals surface area contributed by atoms with E-state index in [4.69, 9.17) is 5.11 Å². The third kappa shape index (κ3) is 2.72. The van der Waals surface area contributed by atoms with Gasteiger partial charge in [0.2, 0.25) is 10.0 Å². The first kappa shape index (κ1) is 13.6. The van der Waals surface area contributed by atoms with E-state index in [-0.39, 0.29) is 16.6 Å². The van der Waals surface area contributed by atoms with Crippen molar-refractivity contribution in [3.63, 3.8) is 0 Å². The molecule has 0 amide bonds. The number of aromatic carboxylic acids is 1. The van der Waals surface area contributed by atoms with Crippen LogP contribution in [0.1, 0.15) is 29.8 Å². The number of rotatable bonds is 5. The molecule has 1 unspecified atom stereocenters. The zero-order chi connectivity index (χ0) is 14.3. The Morgan fingerprint density at radius 2 is 2.15 bits per heavy atom. The van der Waals surface area contributed by atoms with E-state index in [1.54, 1.807) is 0 Å². The summed E-state index contributed by atoms with van der Waals surface area (Å²) in [6.45, 7) is 1.66. The van der Waals surface area contributed by atoms with Crippen LogP contribution in [0.15, 0.2) is 17.2 Å². The zero-order valence-electron chi connectivity index (χ0n) is 10.9. The highest BCUT2D eigenvalue weighted by molar-refractivity contribution is 7.89. The number of hydrogen-bond donors (Lipinski definition) is 3. The van der Waals surface area contributed by atoms with E-state index >= 15 is 0 Å². The van der Waals surface area contributed by atoms with Crippen molar-refractivity contribution in [3.8, 4) is 0 Å². The Morgan fingerprint density at radius 1 is 1.40 bits per heavy atom. The van der Waals surface area contributed by atoms with Crippen LogP contribution >= 0.6 is 0 Å². The van der Waals surface area contributed by atoms with Crippen LogP contribution in [0.25, 0.3) is 0 Å². The van der Waals surface area contributed by atoms with Gasteiger partial charge in [0.05, 0.1) is 0 Å². The predicted octanol–water partition coefficient (Wildman–Crippen LogP) is 0.228. The van der Waals surface area contributed by atoms with Crippen molar-refractivity contribution in [2.75, 3.05) is 13.1 Å². The fourth-order valence-corrected chi connectivity index (χ4v) is 3.85. The van der Waals surface area contributed by atoms with Gasteiger partial charge in [-0.3, -0.25) is 4.90 Å². The second-order valence-electron chi connectivity index (χ2n) is 5.39. The maximum absolute atomic E-state index is 12.2. The van der Waals surface area contributed by atoms with E-state index < -0.39 is 16.0 Å². The average molecular weight is 299 g/mol. The lowest BCUT2D eigenvalue weighted by Crippen LogP contribution is -2.37. The molecule has 7 nitrogen and oxygen atoms in total. The Morgan fingerprint density at radius 3 is 2.75 bits per heavy atom. The third-order valence-corrected chi connectivity index (χ3v) is 5.30. The molecule has 1 saturated heterocycles. The van der Waals surface area contributed by atoms with Gasteiger partial charge in [0.25, 0.3) is 0 Å². The van der Waals surface area contributed by atoms with Gasteiger partial charge in [-0.05, 0) is 25.3 Å². The van der Waals surface area contributed by atoms with Crippen LogP contribution in [0.5, 0.6) is 0 Å². The van der Waals surface area contributed by atoms with Crippen LogP contribution in [0.4, 0.5) is 0 Å². The van der Waals surface area contributed by atoms with Gasteiger partial charge in [-0.15, -0.1) is 0 Å². The highest BCUT2D eigenvalue weighted by Crippen LogP contribution is 2.30. The largest absolute Gasteiger partial charge is 0.477 e. The first-order valence-corrected chi connectivity index (χ1v) is 8.12. The molecule has 0 spiro atoms. The van der Waals surface area contributed by atoms with Gasteiger partial charge in [0, 0.05) is 31.4 Å². The minimum absolute atomic E-state index is 0.0280. The molecule has 3 rings (SSSR count). The SMILES string of the molecule is O=C(O)c1cc(S(=O)(=O)NC2CCN(C3CC3)C2)c[nH]1. The number of nitrogens with zero attached hydrogens (tertiary/aromatic N) is 1. The smallest absolute Gasteiger partial charge is 0.352 e. The van der Waals surface area contributed by atoms with E-state index in [2.05, 4.69) is 14.6 Å². The Hall–Kier alpha value is -1.38. The molecule has 20 heavy (non-hydrogen) atoms. The summed E-state index contributed by atoms with van der Waals surface area (Å²) in [4.78, 5) is 15.5. The van der Waals surface area contributed by atoms with Gasteiger partial charge >= 0.3 is 5.97 Å². The molecule has 1 aromatic rings. The van der Waals surface area contributed by atoms with E-state index in [0.29, 0.717) is 6.04 Å². The Labute approximate surface area is 117 Å². The topological polar surface area (TPSA) is 102 Å². The molecule has 1 saturated carbocycles. The Kier molecular flexibility index (Phi) is 3.31. The number of carboxylic acid groups (broad SMARTS) is 1. The number of nitrogens with one attached hydrogen (secondary N) is 2. The highest BCUT2D eigenvalue weighted by Gasteiger charge is 2.36. The summed E-state index contributed by atoms with van der Waals surface area (Å²) in [6, 6.07) is 1.68. The number of aromatic nitrogens is 1. The van der Waals surface area contributed by atoms with E-state index in [1.807, 2.05) is 0 Å². The fourth-order valence-electron chi connectivity index (χ4n) is 2.60. The van der Waals surface area contributed by atoms with E-state index in [1.165, 1.54) is 19.0 Å². The fraction of sp³-hybridized carbons (Fsp3) is 0.583. The van der Waals surface area contributed by atoms with Crippen molar-refractivity contribution >= 4 is 16.0 Å². The molecule has 2 heterocycles. The van der Waals surface area contributed by atoms with Gasteiger partial charge in [0.1, 0.15) is 10.6 Å². The number of sulfonamides is 1. The molecule has 0 aromatic carbocycles. The van der Waals surface area contributed by atoms with Crippen molar-refractivity contribution in [2.45, 2.75) is 36.2 Å². The lowest BCUT2D eigenvalue weighted by atomic mass is 10.3. The van der Waals surface area contributed by atoms with Crippen molar-refractivity contribution in [3.05, 3.63) is 18.0 Å². The summed E-state index contributed by atoms with van der Waals surface area (Å²) in [7, 11) is -3.66. The monoisotopic (exact) mass is 299 g/mol. The third-order valence-electron chi connectivity index (χ3n) is 3.80. The second kappa shape index (κ2) is 4.87. The molecule has 0 bridgehead atoms. The molecular formula is C12H17N3O4S. The first-order valence-electron chi connectivity index (χ1n) is 6.64. The summed E-state index contributed by atoms with van der Waals surface area (Å²) < 4.78 is 27.0. The van der Waals surface area contributed by atoms with Gasteiger partial charge < -0.3 is 10.1 Å². The quantitative estimate of drug-likeness (QED) is 0.722. The molecule has 1 aliphatic carbocycles.